The molecule has 0 heterocycles. The molecule has 1 aromatic rings. The van der Waals surface area contributed by atoms with Gasteiger partial charge in [0, 0.05) is 19.1 Å². The minimum atomic E-state index is 0.108. The maximum absolute atomic E-state index is 6.23. The Hall–Kier alpha value is -0.280. The van der Waals surface area contributed by atoms with Crippen LogP contribution in [0.25, 0.3) is 0 Å². The number of nitrogens with zero attached hydrogens (tertiary/aromatic N) is 1. The number of halogens is 2. The summed E-state index contributed by atoms with van der Waals surface area (Å²) in [5.74, 6) is 0. The van der Waals surface area contributed by atoms with Crippen molar-refractivity contribution in [2.75, 3.05) is 27.7 Å². The van der Waals surface area contributed by atoms with E-state index in [0.717, 1.165) is 19.4 Å². The van der Waals surface area contributed by atoms with Gasteiger partial charge >= 0.3 is 0 Å². The Labute approximate surface area is 132 Å². The third-order valence-corrected chi connectivity index (χ3v) is 5.02. The quantitative estimate of drug-likeness (QED) is 0.817. The van der Waals surface area contributed by atoms with Crippen molar-refractivity contribution < 1.29 is 4.74 Å². The number of ether oxygens (including phenoxy) is 1. The summed E-state index contributed by atoms with van der Waals surface area (Å²) in [6.07, 6.45) is 4.88. The van der Waals surface area contributed by atoms with Gasteiger partial charge in [-0.15, -0.1) is 0 Å². The summed E-state index contributed by atoms with van der Waals surface area (Å²) in [5, 5.41) is 1.26. The third kappa shape index (κ3) is 3.48. The van der Waals surface area contributed by atoms with Crippen LogP contribution >= 0.6 is 23.2 Å². The summed E-state index contributed by atoms with van der Waals surface area (Å²) >= 11 is 12.3. The highest BCUT2D eigenvalue weighted by Gasteiger charge is 2.38. The number of hydrogen-bond acceptors (Lipinski definition) is 2. The largest absolute Gasteiger partial charge is 0.381 e. The zero-order chi connectivity index (χ0) is 14.8. The van der Waals surface area contributed by atoms with Gasteiger partial charge in [0.15, 0.2) is 0 Å². The smallest absolute Gasteiger partial charge is 0.0595 e. The van der Waals surface area contributed by atoms with E-state index >= 15 is 0 Å². The van der Waals surface area contributed by atoms with Crippen molar-refractivity contribution >= 4 is 23.2 Å². The van der Waals surface area contributed by atoms with Gasteiger partial charge in [-0.05, 0) is 57.5 Å². The van der Waals surface area contributed by atoms with Crippen LogP contribution in [0.1, 0.15) is 31.2 Å². The lowest BCUT2D eigenvalue weighted by Crippen LogP contribution is -2.43. The van der Waals surface area contributed by atoms with Crippen molar-refractivity contribution in [3.63, 3.8) is 0 Å². The van der Waals surface area contributed by atoms with Crippen LogP contribution in [0.3, 0.4) is 0 Å². The van der Waals surface area contributed by atoms with Gasteiger partial charge < -0.3 is 9.64 Å². The van der Waals surface area contributed by atoms with Crippen molar-refractivity contribution in [2.45, 2.75) is 37.2 Å². The molecule has 4 heteroatoms. The molecule has 0 N–H and O–H groups in total. The van der Waals surface area contributed by atoms with E-state index in [9.17, 15) is 0 Å². The SMILES string of the molecule is CO[C@H]1CCCC(CN(C)C)(c2ccc(Cl)c(Cl)c2)C1. The molecule has 1 fully saturated rings. The van der Waals surface area contributed by atoms with Gasteiger partial charge in [-0.1, -0.05) is 29.3 Å². The first-order valence-electron chi connectivity index (χ1n) is 7.10. The summed E-state index contributed by atoms with van der Waals surface area (Å²) in [5.41, 5.74) is 1.39. The number of likely N-dealkylation sites (N-methyl/N-ethyl adjacent to an activating group) is 1. The first kappa shape index (κ1) is 16.1. The maximum atomic E-state index is 6.23. The summed E-state index contributed by atoms with van der Waals surface area (Å²) in [7, 11) is 6.05. The highest BCUT2D eigenvalue weighted by Crippen LogP contribution is 2.42. The van der Waals surface area contributed by atoms with E-state index < -0.39 is 0 Å². The van der Waals surface area contributed by atoms with Crippen molar-refractivity contribution in [1.29, 1.82) is 0 Å². The topological polar surface area (TPSA) is 12.5 Å². The summed E-state index contributed by atoms with van der Waals surface area (Å²) in [4.78, 5) is 2.25. The molecule has 0 radical (unpaired) electrons. The Balaban J connectivity index is 2.37. The van der Waals surface area contributed by atoms with E-state index in [-0.39, 0.29) is 5.41 Å². The Kier molecular flexibility index (Phi) is 5.36. The normalized spacial score (nSPS) is 27.0. The highest BCUT2D eigenvalue weighted by molar-refractivity contribution is 6.42. The molecule has 1 unspecified atom stereocenters. The van der Waals surface area contributed by atoms with Crippen molar-refractivity contribution in [1.82, 2.24) is 4.90 Å². The summed E-state index contributed by atoms with van der Waals surface area (Å²) < 4.78 is 5.63. The average Bonchev–Trinajstić information content (AvgIpc) is 2.41. The van der Waals surface area contributed by atoms with Crippen LogP contribution in [0.5, 0.6) is 0 Å². The predicted octanol–water partition coefficient (Wildman–Crippen LogP) is 4.38. The van der Waals surface area contributed by atoms with Crippen LogP contribution in [-0.4, -0.2) is 38.8 Å². The van der Waals surface area contributed by atoms with Gasteiger partial charge in [-0.25, -0.2) is 0 Å². The van der Waals surface area contributed by atoms with Gasteiger partial charge in [0.2, 0.25) is 0 Å². The van der Waals surface area contributed by atoms with Crippen molar-refractivity contribution in [2.24, 2.45) is 0 Å². The molecule has 1 aromatic carbocycles. The van der Waals surface area contributed by atoms with E-state index in [0.29, 0.717) is 16.1 Å². The molecule has 0 amide bonds. The fourth-order valence-corrected chi connectivity index (χ4v) is 3.74. The molecule has 2 rings (SSSR count). The lowest BCUT2D eigenvalue weighted by atomic mass is 9.68. The molecule has 0 spiro atoms. The molecule has 0 saturated heterocycles. The van der Waals surface area contributed by atoms with Gasteiger partial charge in [-0.3, -0.25) is 0 Å². The number of methoxy groups -OCH3 is 1. The van der Waals surface area contributed by atoms with E-state index in [1.54, 1.807) is 0 Å². The number of hydrogen-bond donors (Lipinski definition) is 0. The molecule has 0 aromatic heterocycles. The predicted molar refractivity (Wildman–Crippen MR) is 86.0 cm³/mol. The van der Waals surface area contributed by atoms with Crippen LogP contribution in [0.4, 0.5) is 0 Å². The molecule has 1 aliphatic carbocycles. The van der Waals surface area contributed by atoms with Gasteiger partial charge in [0.1, 0.15) is 0 Å². The fourth-order valence-electron chi connectivity index (χ4n) is 3.44. The molecule has 2 nitrogen and oxygen atoms in total. The summed E-state index contributed by atoms with van der Waals surface area (Å²) in [6, 6.07) is 6.06. The molecule has 20 heavy (non-hydrogen) atoms. The first-order valence-corrected chi connectivity index (χ1v) is 7.85. The Morgan fingerprint density at radius 2 is 2.05 bits per heavy atom. The van der Waals surface area contributed by atoms with Gasteiger partial charge in [0.05, 0.1) is 16.1 Å². The van der Waals surface area contributed by atoms with Crippen LogP contribution in [0.15, 0.2) is 18.2 Å². The number of benzene rings is 1. The van der Waals surface area contributed by atoms with E-state index in [2.05, 4.69) is 25.1 Å². The molecule has 1 saturated carbocycles. The summed E-state index contributed by atoms with van der Waals surface area (Å²) in [6.45, 7) is 1.00. The molecule has 0 bridgehead atoms. The Morgan fingerprint density at radius 1 is 1.30 bits per heavy atom. The second kappa shape index (κ2) is 6.65. The number of rotatable bonds is 4. The second-order valence-electron chi connectivity index (χ2n) is 6.10. The first-order chi connectivity index (χ1) is 9.47. The monoisotopic (exact) mass is 315 g/mol. The van der Waals surface area contributed by atoms with Crippen molar-refractivity contribution in [3.05, 3.63) is 33.8 Å². The van der Waals surface area contributed by atoms with Crippen LogP contribution < -0.4 is 0 Å². The highest BCUT2D eigenvalue weighted by atomic mass is 35.5. The molecular formula is C16H23Cl2NO. The zero-order valence-electron chi connectivity index (χ0n) is 12.5. The lowest BCUT2D eigenvalue weighted by Gasteiger charge is -2.43. The van der Waals surface area contributed by atoms with E-state index in [1.807, 2.05) is 19.2 Å². The van der Waals surface area contributed by atoms with E-state index in [1.165, 1.54) is 18.4 Å². The standard InChI is InChI=1S/C16H23Cl2NO/c1-19(2)11-16(8-4-5-13(10-16)20-3)12-6-7-14(17)15(18)9-12/h6-7,9,13H,4-5,8,10-11H2,1-3H3/t13-,16?/m0/s1. The third-order valence-electron chi connectivity index (χ3n) is 4.28. The zero-order valence-corrected chi connectivity index (χ0v) is 14.0. The van der Waals surface area contributed by atoms with E-state index in [4.69, 9.17) is 27.9 Å². The fraction of sp³-hybridized carbons (Fsp3) is 0.625. The lowest BCUT2D eigenvalue weighted by molar-refractivity contribution is 0.0320. The molecule has 0 aliphatic heterocycles. The molecule has 112 valence electrons. The van der Waals surface area contributed by atoms with Gasteiger partial charge in [0.25, 0.3) is 0 Å². The molecule has 2 atom stereocenters. The molecular weight excluding hydrogens is 293 g/mol. The average molecular weight is 316 g/mol. The maximum Gasteiger partial charge on any atom is 0.0595 e. The van der Waals surface area contributed by atoms with Crippen molar-refractivity contribution in [3.8, 4) is 0 Å². The van der Waals surface area contributed by atoms with Gasteiger partial charge in [-0.2, -0.15) is 0 Å². The minimum Gasteiger partial charge on any atom is -0.381 e. The van der Waals surface area contributed by atoms with Crippen LogP contribution in [-0.2, 0) is 10.2 Å². The Morgan fingerprint density at radius 3 is 2.65 bits per heavy atom. The van der Waals surface area contributed by atoms with Crippen LogP contribution in [0, 0.1) is 0 Å². The Bertz CT molecular complexity index is 464. The van der Waals surface area contributed by atoms with Crippen LogP contribution in [0.2, 0.25) is 10.0 Å². The minimum absolute atomic E-state index is 0.108. The molecule has 1 aliphatic rings. The second-order valence-corrected chi connectivity index (χ2v) is 6.92.